The fourth-order valence-corrected chi connectivity index (χ4v) is 3.61. The normalized spacial score (nSPS) is 10.9. The molecule has 0 radical (unpaired) electrons. The van der Waals surface area contributed by atoms with Gasteiger partial charge < -0.3 is 35.2 Å². The molecule has 2 aromatic carbocycles. The third-order valence-corrected chi connectivity index (χ3v) is 5.70. The van der Waals surface area contributed by atoms with Crippen molar-refractivity contribution in [1.29, 1.82) is 0 Å². The van der Waals surface area contributed by atoms with Gasteiger partial charge in [-0.15, -0.1) is 0 Å². The summed E-state index contributed by atoms with van der Waals surface area (Å²) in [6.45, 7) is 3.31. The summed E-state index contributed by atoms with van der Waals surface area (Å²) in [5, 5.41) is 25.0. The number of methoxy groups -OCH3 is 2. The summed E-state index contributed by atoms with van der Waals surface area (Å²) >= 11 is 0. The molecule has 0 aromatic heterocycles. The van der Waals surface area contributed by atoms with Gasteiger partial charge >= 0.3 is 0 Å². The van der Waals surface area contributed by atoms with Crippen LogP contribution in [-0.2, 0) is 14.4 Å². The molecule has 0 bridgehead atoms. The number of hydrogen-bond donors (Lipinski definition) is 4. The van der Waals surface area contributed by atoms with E-state index in [0.717, 1.165) is 0 Å². The Morgan fingerprint density at radius 3 is 1.90 bits per heavy atom. The van der Waals surface area contributed by atoms with Crippen LogP contribution in [-0.4, -0.2) is 73.2 Å². The average molecular weight is 540 g/mol. The molecule has 0 heterocycles. The fraction of sp³-hybridized carbons (Fsp3) is 0.345. The zero-order valence-corrected chi connectivity index (χ0v) is 22.6. The summed E-state index contributed by atoms with van der Waals surface area (Å²) in [5.41, 5.74) is 1.42. The maximum Gasteiger partial charge on any atom is 0.246 e. The first-order valence-electron chi connectivity index (χ1n) is 12.6. The number of amides is 3. The highest BCUT2D eigenvalue weighted by Crippen LogP contribution is 2.27. The minimum atomic E-state index is -0.252. The number of rotatable bonds is 15. The Morgan fingerprint density at radius 2 is 1.33 bits per heavy atom. The molecule has 210 valence electrons. The molecule has 0 atom stereocenters. The topological polar surface area (TPSA) is 137 Å². The molecule has 0 saturated carbocycles. The van der Waals surface area contributed by atoms with Crippen LogP contribution >= 0.6 is 0 Å². The van der Waals surface area contributed by atoms with E-state index in [9.17, 15) is 24.6 Å². The molecular weight excluding hydrogens is 502 g/mol. The van der Waals surface area contributed by atoms with Gasteiger partial charge in [-0.1, -0.05) is 12.1 Å². The number of phenolic OH excluding ortho intramolecular Hbond substituents is 2. The van der Waals surface area contributed by atoms with Crippen LogP contribution in [0.2, 0.25) is 0 Å². The summed E-state index contributed by atoms with van der Waals surface area (Å²) in [7, 11) is 2.91. The molecule has 2 rings (SSSR count). The molecule has 0 fully saturated rings. The number of hydrogen-bond acceptors (Lipinski definition) is 7. The number of carbonyl (C=O) groups excluding carboxylic acids is 3. The van der Waals surface area contributed by atoms with Crippen LogP contribution in [0, 0.1) is 0 Å². The van der Waals surface area contributed by atoms with E-state index >= 15 is 0 Å². The molecule has 0 saturated heterocycles. The third-order valence-electron chi connectivity index (χ3n) is 5.70. The molecule has 10 heteroatoms. The smallest absolute Gasteiger partial charge is 0.246 e. The first kappa shape index (κ1) is 30.8. The lowest BCUT2D eigenvalue weighted by Crippen LogP contribution is -2.34. The van der Waals surface area contributed by atoms with Crippen LogP contribution in [0.5, 0.6) is 23.0 Å². The number of aromatic hydroxyl groups is 2. The zero-order valence-electron chi connectivity index (χ0n) is 22.6. The van der Waals surface area contributed by atoms with Gasteiger partial charge in [0.2, 0.25) is 17.7 Å². The van der Waals surface area contributed by atoms with Crippen molar-refractivity contribution < 1.29 is 34.1 Å². The maximum atomic E-state index is 12.9. The van der Waals surface area contributed by atoms with Crippen LogP contribution in [0.3, 0.4) is 0 Å². The van der Waals surface area contributed by atoms with Crippen molar-refractivity contribution in [2.45, 2.75) is 26.2 Å². The molecule has 0 unspecified atom stereocenters. The lowest BCUT2D eigenvalue weighted by atomic mass is 10.2. The van der Waals surface area contributed by atoms with E-state index in [0.29, 0.717) is 68.1 Å². The Hall–Kier alpha value is -4.47. The number of nitrogens with zero attached hydrogens (tertiary/aromatic N) is 1. The molecule has 0 aliphatic heterocycles. The van der Waals surface area contributed by atoms with E-state index in [1.807, 2.05) is 0 Å². The third kappa shape index (κ3) is 11.2. The first-order chi connectivity index (χ1) is 18.7. The highest BCUT2D eigenvalue weighted by molar-refractivity contribution is 5.92. The predicted molar refractivity (Wildman–Crippen MR) is 150 cm³/mol. The van der Waals surface area contributed by atoms with E-state index in [-0.39, 0.29) is 29.2 Å². The number of benzene rings is 2. The van der Waals surface area contributed by atoms with Crippen molar-refractivity contribution >= 4 is 29.9 Å². The number of unbranched alkanes of at least 4 members (excludes halogenated alkanes) is 1. The monoisotopic (exact) mass is 539 g/mol. The second kappa shape index (κ2) is 16.4. The van der Waals surface area contributed by atoms with Gasteiger partial charge in [-0.2, -0.15) is 0 Å². The van der Waals surface area contributed by atoms with E-state index in [2.05, 4.69) is 10.6 Å². The summed E-state index contributed by atoms with van der Waals surface area (Å²) in [4.78, 5) is 37.9. The lowest BCUT2D eigenvalue weighted by Gasteiger charge is -2.21. The highest BCUT2D eigenvalue weighted by Gasteiger charge is 2.11. The molecule has 3 amide bonds. The van der Waals surface area contributed by atoms with Crippen molar-refractivity contribution in [3.63, 3.8) is 0 Å². The largest absolute Gasteiger partial charge is 0.504 e. The molecule has 10 nitrogen and oxygen atoms in total. The highest BCUT2D eigenvalue weighted by atomic mass is 16.5. The van der Waals surface area contributed by atoms with Crippen LogP contribution in [0.4, 0.5) is 0 Å². The number of phenols is 2. The van der Waals surface area contributed by atoms with Gasteiger partial charge in [-0.05, 0) is 66.8 Å². The molecule has 0 aliphatic carbocycles. The van der Waals surface area contributed by atoms with E-state index < -0.39 is 0 Å². The summed E-state index contributed by atoms with van der Waals surface area (Å²) in [6.07, 6.45) is 8.11. The second-order valence-corrected chi connectivity index (χ2v) is 8.69. The Bertz CT molecular complexity index is 1180. The van der Waals surface area contributed by atoms with Crippen LogP contribution in [0.25, 0.3) is 12.2 Å². The maximum absolute atomic E-state index is 12.9. The van der Waals surface area contributed by atoms with E-state index in [1.165, 1.54) is 45.4 Å². The van der Waals surface area contributed by atoms with Crippen molar-refractivity contribution in [2.24, 2.45) is 0 Å². The molecule has 0 spiro atoms. The quantitative estimate of drug-likeness (QED) is 0.202. The Labute approximate surface area is 228 Å². The minimum absolute atomic E-state index is 0.0174. The van der Waals surface area contributed by atoms with E-state index in [4.69, 9.17) is 9.47 Å². The SMILES string of the molecule is COc1cc(/C=C/C(=O)NCCCCN(CCCNC(C)=O)C(=O)/C=C/c2ccc(O)c(OC)c2)ccc1O. The molecule has 39 heavy (non-hydrogen) atoms. The standard InChI is InChI=1S/C29H37N3O7/c1-21(33)30-16-6-18-32(29(37)14-10-23-8-12-25(35)27(20-23)39-3)17-5-4-15-31-28(36)13-9-22-7-11-24(34)26(19-22)38-2/h7-14,19-20,34-35H,4-6,15-18H2,1-3H3,(H,30,33)(H,31,36)/b13-9+,14-10+. The van der Waals surface area contributed by atoms with Crippen molar-refractivity contribution in [2.75, 3.05) is 40.4 Å². The van der Waals surface area contributed by atoms with Gasteiger partial charge in [0, 0.05) is 45.3 Å². The van der Waals surface area contributed by atoms with Crippen LogP contribution < -0.4 is 20.1 Å². The Morgan fingerprint density at radius 1 is 0.795 bits per heavy atom. The van der Waals surface area contributed by atoms with Gasteiger partial charge in [0.05, 0.1) is 14.2 Å². The fourth-order valence-electron chi connectivity index (χ4n) is 3.61. The van der Waals surface area contributed by atoms with Gasteiger partial charge in [0.15, 0.2) is 23.0 Å². The predicted octanol–water partition coefficient (Wildman–Crippen LogP) is 3.09. The van der Waals surface area contributed by atoms with Gasteiger partial charge in [0.25, 0.3) is 0 Å². The summed E-state index contributed by atoms with van der Waals surface area (Å²) in [5.74, 6) is 0.131. The average Bonchev–Trinajstić information content (AvgIpc) is 2.92. The molecule has 0 aliphatic rings. The molecule has 2 aromatic rings. The van der Waals surface area contributed by atoms with Gasteiger partial charge in [0.1, 0.15) is 0 Å². The van der Waals surface area contributed by atoms with Crippen LogP contribution in [0.15, 0.2) is 48.6 Å². The Balaban J connectivity index is 1.86. The zero-order chi connectivity index (χ0) is 28.6. The first-order valence-corrected chi connectivity index (χ1v) is 12.6. The second-order valence-electron chi connectivity index (χ2n) is 8.69. The lowest BCUT2D eigenvalue weighted by molar-refractivity contribution is -0.126. The number of ether oxygens (including phenoxy) is 2. The number of carbonyl (C=O) groups is 3. The molecule has 4 N–H and O–H groups in total. The van der Waals surface area contributed by atoms with Crippen LogP contribution in [0.1, 0.15) is 37.3 Å². The number of nitrogens with one attached hydrogen (secondary N) is 2. The molecular formula is C29H37N3O7. The Kier molecular flexibility index (Phi) is 12.9. The van der Waals surface area contributed by atoms with Gasteiger partial charge in [-0.25, -0.2) is 0 Å². The van der Waals surface area contributed by atoms with Crippen molar-refractivity contribution in [3.8, 4) is 23.0 Å². The summed E-state index contributed by atoms with van der Waals surface area (Å²) < 4.78 is 10.2. The van der Waals surface area contributed by atoms with Crippen molar-refractivity contribution in [1.82, 2.24) is 15.5 Å². The van der Waals surface area contributed by atoms with E-state index in [1.54, 1.807) is 41.3 Å². The van der Waals surface area contributed by atoms with Gasteiger partial charge in [-0.3, -0.25) is 14.4 Å². The minimum Gasteiger partial charge on any atom is -0.504 e. The summed E-state index contributed by atoms with van der Waals surface area (Å²) in [6, 6.07) is 9.61. The van der Waals surface area contributed by atoms with Crippen molar-refractivity contribution in [3.05, 3.63) is 59.7 Å².